The Labute approximate surface area is 218 Å². The third-order valence-electron chi connectivity index (χ3n) is 5.80. The van der Waals surface area contributed by atoms with Crippen molar-refractivity contribution < 1.29 is 27.5 Å². The molecule has 198 valence electrons. The fourth-order valence-electron chi connectivity index (χ4n) is 3.44. The molecule has 36 heavy (non-hydrogen) atoms. The van der Waals surface area contributed by atoms with E-state index in [-0.39, 0.29) is 29.9 Å². The second-order valence-corrected chi connectivity index (χ2v) is 10.7. The smallest absolute Gasteiger partial charge is 0.244 e. The Kier molecular flexibility index (Phi) is 10.4. The molecule has 0 aliphatic carbocycles. The number of hydrogen-bond donors (Lipinski definition) is 1. The molecule has 0 radical (unpaired) electrons. The first-order valence-corrected chi connectivity index (χ1v) is 13.7. The third-order valence-corrected chi connectivity index (χ3v) is 7.30. The largest absolute Gasteiger partial charge is 0.497 e. The van der Waals surface area contributed by atoms with Crippen LogP contribution in [0.1, 0.15) is 32.8 Å². The summed E-state index contributed by atoms with van der Waals surface area (Å²) in [6.45, 7) is 4.88. The number of amides is 2. The Morgan fingerprint density at radius 2 is 1.75 bits per heavy atom. The molecule has 2 aromatic carbocycles. The zero-order chi connectivity index (χ0) is 27.0. The molecular formula is C25H34ClN3O6S. The molecule has 0 aromatic heterocycles. The van der Waals surface area contributed by atoms with E-state index in [1.54, 1.807) is 37.3 Å². The Bertz CT molecular complexity index is 1170. The molecule has 9 nitrogen and oxygen atoms in total. The first kappa shape index (κ1) is 29.3. The predicted octanol–water partition coefficient (Wildman–Crippen LogP) is 3.46. The van der Waals surface area contributed by atoms with Crippen molar-refractivity contribution in [2.75, 3.05) is 31.3 Å². The van der Waals surface area contributed by atoms with Crippen LogP contribution < -0.4 is 19.1 Å². The van der Waals surface area contributed by atoms with Crippen LogP contribution in [0.5, 0.6) is 11.5 Å². The molecule has 2 aromatic rings. The van der Waals surface area contributed by atoms with E-state index < -0.39 is 28.5 Å². The molecule has 0 heterocycles. The standard InChI is InChI=1S/C25H34ClN3O6S/c1-7-17(2)27-25(31)18(3)28(15-19-10-8-9-11-21(19)26)24(30)16-29(36(6,32)33)22-13-12-20(34-4)14-23(22)35-5/h8-14,17-18H,7,15-16H2,1-6H3,(H,27,31). The van der Waals surface area contributed by atoms with Crippen molar-refractivity contribution in [2.45, 2.75) is 45.8 Å². The lowest BCUT2D eigenvalue weighted by molar-refractivity contribution is -0.139. The first-order chi connectivity index (χ1) is 16.9. The van der Waals surface area contributed by atoms with Crippen LogP contribution in [0.15, 0.2) is 42.5 Å². The number of ether oxygens (including phenoxy) is 2. The molecule has 0 fully saturated rings. The number of sulfonamides is 1. The maximum absolute atomic E-state index is 13.6. The molecule has 2 amide bonds. The summed E-state index contributed by atoms with van der Waals surface area (Å²) in [5, 5.41) is 3.31. The van der Waals surface area contributed by atoms with Crippen LogP contribution in [0.2, 0.25) is 5.02 Å². The van der Waals surface area contributed by atoms with Gasteiger partial charge in [-0.25, -0.2) is 8.42 Å². The summed E-state index contributed by atoms with van der Waals surface area (Å²) in [6.07, 6.45) is 1.72. The summed E-state index contributed by atoms with van der Waals surface area (Å²) < 4.78 is 37.1. The fraction of sp³-hybridized carbons (Fsp3) is 0.440. The molecule has 0 aliphatic heterocycles. The van der Waals surface area contributed by atoms with E-state index in [9.17, 15) is 18.0 Å². The molecule has 11 heteroatoms. The van der Waals surface area contributed by atoms with E-state index in [1.165, 1.54) is 31.3 Å². The lowest BCUT2D eigenvalue weighted by atomic mass is 10.1. The highest BCUT2D eigenvalue weighted by molar-refractivity contribution is 7.92. The molecule has 0 bridgehead atoms. The van der Waals surface area contributed by atoms with Crippen molar-refractivity contribution in [1.29, 1.82) is 0 Å². The molecule has 2 atom stereocenters. The first-order valence-electron chi connectivity index (χ1n) is 11.5. The number of nitrogens with zero attached hydrogens (tertiary/aromatic N) is 2. The molecule has 1 N–H and O–H groups in total. The lowest BCUT2D eigenvalue weighted by Gasteiger charge is -2.32. The van der Waals surface area contributed by atoms with Crippen molar-refractivity contribution in [1.82, 2.24) is 10.2 Å². The Balaban J connectivity index is 2.47. The van der Waals surface area contributed by atoms with Gasteiger partial charge in [0.25, 0.3) is 0 Å². The van der Waals surface area contributed by atoms with E-state index in [2.05, 4.69) is 5.32 Å². The number of halogens is 1. The average Bonchev–Trinajstić information content (AvgIpc) is 2.85. The number of nitrogens with one attached hydrogen (secondary N) is 1. The van der Waals surface area contributed by atoms with E-state index in [0.717, 1.165) is 17.0 Å². The number of carbonyl (C=O) groups excluding carboxylic acids is 2. The van der Waals surface area contributed by atoms with E-state index in [1.807, 2.05) is 13.8 Å². The maximum atomic E-state index is 13.6. The van der Waals surface area contributed by atoms with Gasteiger partial charge in [0.05, 0.1) is 26.2 Å². The van der Waals surface area contributed by atoms with Crippen molar-refractivity contribution in [2.24, 2.45) is 0 Å². The monoisotopic (exact) mass is 539 g/mol. The van der Waals surface area contributed by atoms with Gasteiger partial charge in [-0.1, -0.05) is 36.7 Å². The summed E-state index contributed by atoms with van der Waals surface area (Å²) in [7, 11) is -1.04. The minimum atomic E-state index is -3.91. The second kappa shape index (κ2) is 12.8. The van der Waals surface area contributed by atoms with Gasteiger partial charge in [-0.15, -0.1) is 0 Å². The van der Waals surface area contributed by atoms with Gasteiger partial charge in [0, 0.05) is 23.7 Å². The third kappa shape index (κ3) is 7.51. The van der Waals surface area contributed by atoms with Gasteiger partial charge in [-0.05, 0) is 44.0 Å². The van der Waals surface area contributed by atoms with Crippen LogP contribution in [-0.2, 0) is 26.2 Å². The number of carbonyl (C=O) groups is 2. The summed E-state index contributed by atoms with van der Waals surface area (Å²) in [6, 6.07) is 10.6. The Hall–Kier alpha value is -2.98. The van der Waals surface area contributed by atoms with Gasteiger partial charge < -0.3 is 19.7 Å². The van der Waals surface area contributed by atoms with Crippen LogP contribution in [0, 0.1) is 0 Å². The van der Waals surface area contributed by atoms with Crippen LogP contribution >= 0.6 is 11.6 Å². The van der Waals surface area contributed by atoms with Crippen LogP contribution in [0.3, 0.4) is 0 Å². The zero-order valence-electron chi connectivity index (χ0n) is 21.4. The molecule has 0 saturated heterocycles. The molecule has 0 saturated carbocycles. The second-order valence-electron chi connectivity index (χ2n) is 8.41. The minimum Gasteiger partial charge on any atom is -0.497 e. The van der Waals surface area contributed by atoms with E-state index >= 15 is 0 Å². The van der Waals surface area contributed by atoms with E-state index in [4.69, 9.17) is 21.1 Å². The zero-order valence-corrected chi connectivity index (χ0v) is 23.0. The highest BCUT2D eigenvalue weighted by Gasteiger charge is 2.31. The van der Waals surface area contributed by atoms with Gasteiger partial charge in [0.1, 0.15) is 24.1 Å². The van der Waals surface area contributed by atoms with Gasteiger partial charge in [-0.3, -0.25) is 13.9 Å². The number of anilines is 1. The summed E-state index contributed by atoms with van der Waals surface area (Å²) in [5.74, 6) is -0.249. The fourth-order valence-corrected chi connectivity index (χ4v) is 4.49. The topological polar surface area (TPSA) is 105 Å². The molecule has 0 aliphatic rings. The van der Waals surface area contributed by atoms with Crippen molar-refractivity contribution in [3.8, 4) is 11.5 Å². The minimum absolute atomic E-state index is 0.0188. The average molecular weight is 540 g/mol. The highest BCUT2D eigenvalue weighted by atomic mass is 35.5. The van der Waals surface area contributed by atoms with Crippen LogP contribution in [0.4, 0.5) is 5.69 Å². The van der Waals surface area contributed by atoms with Gasteiger partial charge in [0.2, 0.25) is 21.8 Å². The molecule has 0 spiro atoms. The number of methoxy groups -OCH3 is 2. The number of rotatable bonds is 12. The maximum Gasteiger partial charge on any atom is 0.244 e. The van der Waals surface area contributed by atoms with Crippen LogP contribution in [0.25, 0.3) is 0 Å². The van der Waals surface area contributed by atoms with Crippen molar-refractivity contribution in [3.63, 3.8) is 0 Å². The molecule has 2 rings (SSSR count). The summed E-state index contributed by atoms with van der Waals surface area (Å²) in [5.41, 5.74) is 0.798. The van der Waals surface area contributed by atoms with Gasteiger partial charge >= 0.3 is 0 Å². The lowest BCUT2D eigenvalue weighted by Crippen LogP contribution is -2.52. The highest BCUT2D eigenvalue weighted by Crippen LogP contribution is 2.33. The normalized spacial score (nSPS) is 12.9. The summed E-state index contributed by atoms with van der Waals surface area (Å²) in [4.78, 5) is 27.9. The summed E-state index contributed by atoms with van der Waals surface area (Å²) >= 11 is 6.33. The van der Waals surface area contributed by atoms with Crippen LogP contribution in [-0.4, -0.2) is 64.2 Å². The SMILES string of the molecule is CCC(C)NC(=O)C(C)N(Cc1ccccc1Cl)C(=O)CN(c1ccc(OC)cc1OC)S(C)(=O)=O. The Morgan fingerprint density at radius 1 is 1.08 bits per heavy atom. The number of benzene rings is 2. The quantitative estimate of drug-likeness (QED) is 0.443. The van der Waals surface area contributed by atoms with Gasteiger partial charge in [0.15, 0.2) is 0 Å². The molecule has 2 unspecified atom stereocenters. The molecular weight excluding hydrogens is 506 g/mol. The van der Waals surface area contributed by atoms with Gasteiger partial charge in [-0.2, -0.15) is 0 Å². The Morgan fingerprint density at radius 3 is 2.31 bits per heavy atom. The van der Waals surface area contributed by atoms with Crippen molar-refractivity contribution in [3.05, 3.63) is 53.1 Å². The van der Waals surface area contributed by atoms with Crippen molar-refractivity contribution >= 4 is 39.1 Å². The predicted molar refractivity (Wildman–Crippen MR) is 141 cm³/mol. The number of hydrogen-bond acceptors (Lipinski definition) is 6. The van der Waals surface area contributed by atoms with E-state index in [0.29, 0.717) is 16.3 Å².